The predicted octanol–water partition coefficient (Wildman–Crippen LogP) is 5.00. The molecular formula is C20H21ClFNO4S. The first-order valence-electron chi connectivity index (χ1n) is 9.08. The number of fused-ring (bicyclic) bond motifs is 1. The van der Waals surface area contributed by atoms with E-state index in [-0.39, 0.29) is 23.5 Å². The highest BCUT2D eigenvalue weighted by Crippen LogP contribution is 2.38. The van der Waals surface area contributed by atoms with Crippen LogP contribution in [0.2, 0.25) is 5.02 Å². The lowest BCUT2D eigenvalue weighted by Gasteiger charge is -2.14. The molecule has 0 fully saturated rings. The monoisotopic (exact) mass is 425 g/mol. The van der Waals surface area contributed by atoms with Crippen molar-refractivity contribution >= 4 is 39.8 Å². The van der Waals surface area contributed by atoms with Gasteiger partial charge in [-0.15, -0.1) is 11.3 Å². The van der Waals surface area contributed by atoms with Gasteiger partial charge in [-0.05, 0) is 57.2 Å². The van der Waals surface area contributed by atoms with Crippen molar-refractivity contribution in [3.05, 3.63) is 45.0 Å². The lowest BCUT2D eigenvalue weighted by atomic mass is 9.95. The molecule has 1 aliphatic carbocycles. The van der Waals surface area contributed by atoms with Crippen LogP contribution in [-0.4, -0.2) is 24.6 Å². The van der Waals surface area contributed by atoms with Crippen molar-refractivity contribution in [2.75, 3.05) is 11.9 Å². The number of carbonyl (C=O) groups excluding carboxylic acids is 2. The zero-order valence-corrected chi connectivity index (χ0v) is 17.2. The van der Waals surface area contributed by atoms with Gasteiger partial charge in [0.15, 0.2) is 6.61 Å². The van der Waals surface area contributed by atoms with Crippen molar-refractivity contribution in [1.82, 2.24) is 0 Å². The number of halogens is 2. The van der Waals surface area contributed by atoms with Crippen molar-refractivity contribution in [2.45, 2.75) is 45.6 Å². The fraction of sp³-hybridized carbons (Fsp3) is 0.400. The van der Waals surface area contributed by atoms with Crippen LogP contribution in [0.15, 0.2) is 18.2 Å². The van der Waals surface area contributed by atoms with Crippen LogP contribution in [0.1, 0.15) is 47.5 Å². The number of hydrogen-bond donors (Lipinski definition) is 1. The molecule has 0 unspecified atom stereocenters. The molecule has 0 atom stereocenters. The third-order valence-corrected chi connectivity index (χ3v) is 5.73. The molecule has 1 heterocycles. The van der Waals surface area contributed by atoms with Gasteiger partial charge in [0.1, 0.15) is 16.6 Å². The van der Waals surface area contributed by atoms with Gasteiger partial charge < -0.3 is 14.8 Å². The summed E-state index contributed by atoms with van der Waals surface area (Å²) in [4.78, 5) is 26.1. The second kappa shape index (κ2) is 8.92. The first-order valence-corrected chi connectivity index (χ1v) is 10.3. The molecule has 0 radical (unpaired) electrons. The Bertz CT molecular complexity index is 897. The van der Waals surface area contributed by atoms with Gasteiger partial charge in [-0.3, -0.25) is 4.79 Å². The molecule has 3 rings (SSSR count). The molecule has 0 saturated carbocycles. The minimum atomic E-state index is -0.559. The van der Waals surface area contributed by atoms with E-state index in [1.807, 2.05) is 0 Å². The van der Waals surface area contributed by atoms with Gasteiger partial charge in [0, 0.05) is 10.9 Å². The fourth-order valence-corrected chi connectivity index (χ4v) is 4.49. The molecule has 0 saturated heterocycles. The van der Waals surface area contributed by atoms with Crippen molar-refractivity contribution in [1.29, 1.82) is 0 Å². The molecule has 0 bridgehead atoms. The summed E-state index contributed by atoms with van der Waals surface area (Å²) in [6, 6.07) is 3.87. The normalized spacial score (nSPS) is 13.2. The standard InChI is InChI=1S/C20H21ClFNO4S/c1-11(2)27-20(25)18-13-5-3-4-6-16(13)28-19(18)23-17(24)10-26-12-7-8-15(22)14(21)9-12/h7-9,11H,3-6,10H2,1-2H3,(H,23,24). The highest BCUT2D eigenvalue weighted by Gasteiger charge is 2.27. The van der Waals surface area contributed by atoms with E-state index >= 15 is 0 Å². The summed E-state index contributed by atoms with van der Waals surface area (Å²) in [7, 11) is 0. The molecule has 1 aliphatic rings. The third-order valence-electron chi connectivity index (χ3n) is 4.23. The number of esters is 1. The SMILES string of the molecule is CC(C)OC(=O)c1c(NC(=O)COc2ccc(F)c(Cl)c2)sc2c1CCCC2. The smallest absolute Gasteiger partial charge is 0.341 e. The van der Waals surface area contributed by atoms with Crippen LogP contribution >= 0.6 is 22.9 Å². The predicted molar refractivity (Wildman–Crippen MR) is 107 cm³/mol. The first-order chi connectivity index (χ1) is 13.3. The number of amides is 1. The lowest BCUT2D eigenvalue weighted by Crippen LogP contribution is -2.22. The number of rotatable bonds is 6. The summed E-state index contributed by atoms with van der Waals surface area (Å²) in [5, 5.41) is 3.17. The molecule has 150 valence electrons. The average molecular weight is 426 g/mol. The van der Waals surface area contributed by atoms with Crippen molar-refractivity contribution < 1.29 is 23.5 Å². The second-order valence-electron chi connectivity index (χ2n) is 6.78. The van der Waals surface area contributed by atoms with Crippen LogP contribution in [0.25, 0.3) is 0 Å². The Morgan fingerprint density at radius 1 is 1.29 bits per heavy atom. The van der Waals surface area contributed by atoms with Gasteiger partial charge in [-0.1, -0.05) is 11.6 Å². The van der Waals surface area contributed by atoms with Crippen LogP contribution < -0.4 is 10.1 Å². The highest BCUT2D eigenvalue weighted by molar-refractivity contribution is 7.17. The van der Waals surface area contributed by atoms with E-state index in [1.165, 1.54) is 29.5 Å². The molecule has 8 heteroatoms. The first kappa shape index (κ1) is 20.6. The Hall–Kier alpha value is -2.12. The topological polar surface area (TPSA) is 64.6 Å². The van der Waals surface area contributed by atoms with Crippen molar-refractivity contribution in [3.63, 3.8) is 0 Å². The van der Waals surface area contributed by atoms with Gasteiger partial charge in [0.05, 0.1) is 16.7 Å². The summed E-state index contributed by atoms with van der Waals surface area (Å²) in [6.45, 7) is 3.29. The maximum Gasteiger partial charge on any atom is 0.341 e. The Kier molecular flexibility index (Phi) is 6.57. The van der Waals surface area contributed by atoms with E-state index < -0.39 is 17.7 Å². The molecule has 0 aliphatic heterocycles. The van der Waals surface area contributed by atoms with E-state index in [2.05, 4.69) is 5.32 Å². The Labute approximate surface area is 171 Å². The van der Waals surface area contributed by atoms with Crippen LogP contribution in [0.5, 0.6) is 5.75 Å². The van der Waals surface area contributed by atoms with E-state index in [1.54, 1.807) is 13.8 Å². The number of aryl methyl sites for hydroxylation is 1. The molecular weight excluding hydrogens is 405 g/mol. The number of hydrogen-bond acceptors (Lipinski definition) is 5. The Balaban J connectivity index is 1.73. The molecule has 5 nitrogen and oxygen atoms in total. The Morgan fingerprint density at radius 3 is 2.75 bits per heavy atom. The highest BCUT2D eigenvalue weighted by atomic mass is 35.5. The summed E-state index contributed by atoms with van der Waals surface area (Å²) in [5.74, 6) is -1.11. The van der Waals surface area contributed by atoms with Gasteiger partial charge >= 0.3 is 5.97 Å². The molecule has 28 heavy (non-hydrogen) atoms. The largest absolute Gasteiger partial charge is 0.484 e. The molecule has 0 spiro atoms. The quantitative estimate of drug-likeness (QED) is 0.661. The number of benzene rings is 1. The minimum absolute atomic E-state index is 0.0810. The van der Waals surface area contributed by atoms with E-state index in [0.717, 1.165) is 36.1 Å². The fourth-order valence-electron chi connectivity index (χ4n) is 3.02. The van der Waals surface area contributed by atoms with Crippen molar-refractivity contribution in [3.8, 4) is 5.75 Å². The summed E-state index contributed by atoms with van der Waals surface area (Å²) in [5.41, 5.74) is 1.43. The summed E-state index contributed by atoms with van der Waals surface area (Å²) < 4.78 is 23.9. The zero-order valence-electron chi connectivity index (χ0n) is 15.6. The molecule has 1 aromatic heterocycles. The van der Waals surface area contributed by atoms with Crippen LogP contribution in [0.4, 0.5) is 9.39 Å². The molecule has 2 aromatic rings. The number of anilines is 1. The molecule has 1 aromatic carbocycles. The summed E-state index contributed by atoms with van der Waals surface area (Å²) in [6.07, 6.45) is 3.51. The second-order valence-corrected chi connectivity index (χ2v) is 8.29. The van der Waals surface area contributed by atoms with Crippen LogP contribution in [0.3, 0.4) is 0 Å². The van der Waals surface area contributed by atoms with Gasteiger partial charge in [0.2, 0.25) is 0 Å². The summed E-state index contributed by atoms with van der Waals surface area (Å²) >= 11 is 7.12. The zero-order chi connectivity index (χ0) is 20.3. The van der Waals surface area contributed by atoms with Crippen LogP contribution in [-0.2, 0) is 22.4 Å². The van der Waals surface area contributed by atoms with Crippen molar-refractivity contribution in [2.24, 2.45) is 0 Å². The minimum Gasteiger partial charge on any atom is -0.484 e. The maximum absolute atomic E-state index is 13.2. The Morgan fingerprint density at radius 2 is 2.04 bits per heavy atom. The van der Waals surface area contributed by atoms with E-state index in [0.29, 0.717) is 10.6 Å². The van der Waals surface area contributed by atoms with Crippen LogP contribution in [0, 0.1) is 5.82 Å². The number of carbonyl (C=O) groups is 2. The molecule has 1 amide bonds. The van der Waals surface area contributed by atoms with E-state index in [9.17, 15) is 14.0 Å². The van der Waals surface area contributed by atoms with E-state index in [4.69, 9.17) is 21.1 Å². The van der Waals surface area contributed by atoms with Gasteiger partial charge in [-0.2, -0.15) is 0 Å². The van der Waals surface area contributed by atoms with Gasteiger partial charge in [0.25, 0.3) is 5.91 Å². The van der Waals surface area contributed by atoms with Gasteiger partial charge in [-0.25, -0.2) is 9.18 Å². The lowest BCUT2D eigenvalue weighted by molar-refractivity contribution is -0.118. The third kappa shape index (κ3) is 4.83. The molecule has 1 N–H and O–H groups in total. The number of thiophene rings is 1. The number of nitrogens with one attached hydrogen (secondary N) is 1. The average Bonchev–Trinajstić information content (AvgIpc) is 3.00. The maximum atomic E-state index is 13.2. The number of ether oxygens (including phenoxy) is 2.